The summed E-state index contributed by atoms with van der Waals surface area (Å²) in [5.41, 5.74) is 5.52. The van der Waals surface area contributed by atoms with Gasteiger partial charge in [0.15, 0.2) is 6.61 Å². The minimum Gasteiger partial charge on any atom is -0.484 e. The number of ether oxygens (including phenoxy) is 1. The summed E-state index contributed by atoms with van der Waals surface area (Å²) < 4.78 is 5.14. The van der Waals surface area contributed by atoms with Gasteiger partial charge in [-0.15, -0.1) is 11.3 Å². The lowest BCUT2D eigenvalue weighted by Crippen LogP contribution is -2.26. The van der Waals surface area contributed by atoms with Crippen LogP contribution in [0.15, 0.2) is 41.8 Å². The molecule has 1 heterocycles. The minimum atomic E-state index is -0.540. The van der Waals surface area contributed by atoms with Crippen molar-refractivity contribution in [1.82, 2.24) is 5.32 Å². The molecule has 0 fully saturated rings. The molecule has 0 bridgehead atoms. The van der Waals surface area contributed by atoms with E-state index in [4.69, 9.17) is 10.5 Å². The van der Waals surface area contributed by atoms with Gasteiger partial charge in [-0.25, -0.2) is 0 Å². The van der Waals surface area contributed by atoms with Gasteiger partial charge in [0.2, 0.25) is 0 Å². The van der Waals surface area contributed by atoms with E-state index in [0.717, 1.165) is 4.88 Å². The molecule has 2 amide bonds. The molecule has 5 nitrogen and oxygen atoms in total. The van der Waals surface area contributed by atoms with Gasteiger partial charge < -0.3 is 15.8 Å². The fourth-order valence-corrected chi connectivity index (χ4v) is 2.48. The van der Waals surface area contributed by atoms with Crippen LogP contribution >= 0.6 is 11.3 Å². The number of rotatable bonds is 6. The van der Waals surface area contributed by atoms with Crippen molar-refractivity contribution in [2.24, 2.45) is 5.73 Å². The maximum Gasteiger partial charge on any atom is 0.255 e. The summed E-state index contributed by atoms with van der Waals surface area (Å²) in [6, 6.07) is 10.5. The Kier molecular flexibility index (Phi) is 4.94. The molecule has 0 saturated heterocycles. The van der Waals surface area contributed by atoms with Gasteiger partial charge in [0.05, 0.1) is 6.04 Å². The topological polar surface area (TPSA) is 81.4 Å². The maximum absolute atomic E-state index is 12.1. The normalized spacial score (nSPS) is 11.7. The average Bonchev–Trinajstić information content (AvgIpc) is 3.00. The van der Waals surface area contributed by atoms with E-state index in [1.807, 2.05) is 24.4 Å². The van der Waals surface area contributed by atoms with Crippen LogP contribution in [0.3, 0.4) is 0 Å². The minimum absolute atomic E-state index is 0.0386. The van der Waals surface area contributed by atoms with E-state index in [2.05, 4.69) is 5.32 Å². The number of carbonyl (C=O) groups excluding carboxylic acids is 2. The van der Waals surface area contributed by atoms with Crippen LogP contribution in [0.1, 0.15) is 28.2 Å². The first-order chi connectivity index (χ1) is 10.1. The highest BCUT2D eigenvalue weighted by atomic mass is 32.1. The molecule has 3 N–H and O–H groups in total. The van der Waals surface area contributed by atoms with Crippen molar-refractivity contribution in [3.05, 3.63) is 52.2 Å². The fourth-order valence-electron chi connectivity index (χ4n) is 1.75. The molecule has 6 heteroatoms. The standard InChI is InChI=1S/C15H16N2O3S/c1-10(13-3-2-8-21-13)17-15(19)11-4-6-12(7-5-11)20-9-14(16)18/h2-8,10H,9H2,1H3,(H2,16,18)(H,17,19). The fraction of sp³-hybridized carbons (Fsp3) is 0.200. The molecule has 0 aliphatic heterocycles. The summed E-state index contributed by atoms with van der Waals surface area (Å²) in [6.45, 7) is 1.76. The second-order valence-electron chi connectivity index (χ2n) is 4.49. The zero-order chi connectivity index (χ0) is 15.2. The summed E-state index contributed by atoms with van der Waals surface area (Å²) in [7, 11) is 0. The maximum atomic E-state index is 12.1. The third-order valence-electron chi connectivity index (χ3n) is 2.82. The molecule has 2 rings (SSSR count). The smallest absolute Gasteiger partial charge is 0.255 e. The zero-order valence-corrected chi connectivity index (χ0v) is 12.4. The Morgan fingerprint density at radius 3 is 2.57 bits per heavy atom. The molecule has 2 aromatic rings. The van der Waals surface area contributed by atoms with E-state index < -0.39 is 5.91 Å². The summed E-state index contributed by atoms with van der Waals surface area (Å²) in [5, 5.41) is 4.90. The quantitative estimate of drug-likeness (QED) is 0.857. The highest BCUT2D eigenvalue weighted by molar-refractivity contribution is 7.10. The van der Waals surface area contributed by atoms with Crippen molar-refractivity contribution in [2.45, 2.75) is 13.0 Å². The number of carbonyl (C=O) groups is 2. The van der Waals surface area contributed by atoms with Crippen LogP contribution in [0.25, 0.3) is 0 Å². The Bertz CT molecular complexity index is 608. The summed E-state index contributed by atoms with van der Waals surface area (Å²) >= 11 is 1.60. The first-order valence-electron chi connectivity index (χ1n) is 6.41. The Morgan fingerprint density at radius 2 is 2.00 bits per heavy atom. The van der Waals surface area contributed by atoms with Crippen LogP contribution in [0.2, 0.25) is 0 Å². The Balaban J connectivity index is 1.95. The number of nitrogens with two attached hydrogens (primary N) is 1. The monoisotopic (exact) mass is 304 g/mol. The van der Waals surface area contributed by atoms with Gasteiger partial charge >= 0.3 is 0 Å². The molecule has 0 saturated carbocycles. The summed E-state index contributed by atoms with van der Waals surface area (Å²) in [4.78, 5) is 23.8. The van der Waals surface area contributed by atoms with Crippen LogP contribution in [-0.4, -0.2) is 18.4 Å². The van der Waals surface area contributed by atoms with E-state index in [-0.39, 0.29) is 18.6 Å². The largest absolute Gasteiger partial charge is 0.484 e. The first kappa shape index (κ1) is 15.1. The number of nitrogens with one attached hydrogen (secondary N) is 1. The molecule has 0 aliphatic rings. The Hall–Kier alpha value is -2.34. The van der Waals surface area contributed by atoms with Gasteiger partial charge in [-0.2, -0.15) is 0 Å². The number of benzene rings is 1. The lowest BCUT2D eigenvalue weighted by atomic mass is 10.2. The highest BCUT2D eigenvalue weighted by Gasteiger charge is 2.12. The van der Waals surface area contributed by atoms with Crippen molar-refractivity contribution in [1.29, 1.82) is 0 Å². The number of hydrogen-bond donors (Lipinski definition) is 2. The summed E-state index contributed by atoms with van der Waals surface area (Å²) in [6.07, 6.45) is 0. The molecule has 1 aromatic carbocycles. The summed E-state index contributed by atoms with van der Waals surface area (Å²) in [5.74, 6) is -0.199. The second kappa shape index (κ2) is 6.90. The van der Waals surface area contributed by atoms with Crippen LogP contribution in [-0.2, 0) is 4.79 Å². The molecule has 110 valence electrons. The van der Waals surface area contributed by atoms with Gasteiger partial charge in [-0.3, -0.25) is 9.59 Å². The van der Waals surface area contributed by atoms with Crippen molar-refractivity contribution >= 4 is 23.2 Å². The molecule has 1 unspecified atom stereocenters. The van der Waals surface area contributed by atoms with E-state index in [9.17, 15) is 9.59 Å². The molecular formula is C15H16N2O3S. The SMILES string of the molecule is CC(NC(=O)c1ccc(OCC(N)=O)cc1)c1cccs1. The second-order valence-corrected chi connectivity index (χ2v) is 5.47. The van der Waals surface area contributed by atoms with Crippen LogP contribution in [0.4, 0.5) is 0 Å². The van der Waals surface area contributed by atoms with Crippen molar-refractivity contribution < 1.29 is 14.3 Å². The van der Waals surface area contributed by atoms with Crippen LogP contribution in [0.5, 0.6) is 5.75 Å². The van der Waals surface area contributed by atoms with E-state index in [1.54, 1.807) is 35.6 Å². The third-order valence-corrected chi connectivity index (χ3v) is 3.87. The number of thiophene rings is 1. The van der Waals surface area contributed by atoms with Gasteiger partial charge in [0, 0.05) is 10.4 Å². The van der Waals surface area contributed by atoms with Crippen LogP contribution in [0, 0.1) is 0 Å². The number of hydrogen-bond acceptors (Lipinski definition) is 4. The first-order valence-corrected chi connectivity index (χ1v) is 7.29. The predicted octanol–water partition coefficient (Wildman–Crippen LogP) is 2.10. The van der Waals surface area contributed by atoms with E-state index in [0.29, 0.717) is 11.3 Å². The van der Waals surface area contributed by atoms with Crippen LogP contribution < -0.4 is 15.8 Å². The van der Waals surface area contributed by atoms with Crippen molar-refractivity contribution in [3.63, 3.8) is 0 Å². The zero-order valence-electron chi connectivity index (χ0n) is 11.5. The average molecular weight is 304 g/mol. The lowest BCUT2D eigenvalue weighted by Gasteiger charge is -2.12. The molecule has 0 aliphatic carbocycles. The van der Waals surface area contributed by atoms with E-state index in [1.165, 1.54) is 0 Å². The van der Waals surface area contributed by atoms with E-state index >= 15 is 0 Å². The van der Waals surface area contributed by atoms with Gasteiger partial charge in [0.1, 0.15) is 5.75 Å². The Labute approximate surface area is 126 Å². The van der Waals surface area contributed by atoms with Crippen molar-refractivity contribution in [3.8, 4) is 5.75 Å². The molecule has 21 heavy (non-hydrogen) atoms. The lowest BCUT2D eigenvalue weighted by molar-refractivity contribution is -0.119. The predicted molar refractivity (Wildman–Crippen MR) is 81.3 cm³/mol. The highest BCUT2D eigenvalue weighted by Crippen LogP contribution is 2.19. The molecule has 0 radical (unpaired) electrons. The molecule has 1 aromatic heterocycles. The molecule has 1 atom stereocenters. The molecular weight excluding hydrogens is 288 g/mol. The number of amides is 2. The Morgan fingerprint density at radius 1 is 1.29 bits per heavy atom. The van der Waals surface area contributed by atoms with Gasteiger partial charge in [-0.1, -0.05) is 6.07 Å². The number of primary amides is 1. The molecule has 0 spiro atoms. The van der Waals surface area contributed by atoms with Gasteiger partial charge in [-0.05, 0) is 42.6 Å². The van der Waals surface area contributed by atoms with Gasteiger partial charge in [0.25, 0.3) is 11.8 Å². The van der Waals surface area contributed by atoms with Crippen molar-refractivity contribution in [2.75, 3.05) is 6.61 Å². The third kappa shape index (κ3) is 4.32.